The number of aromatic nitrogens is 2. The highest BCUT2D eigenvalue weighted by molar-refractivity contribution is 6.63. The SMILES string of the molecule is CNCCCOc1nn(C(=O)OC(C)(C)C)c(C)c1B1OC(C)(C)C(C)(C)O1. The van der Waals surface area contributed by atoms with Gasteiger partial charge in [0, 0.05) is 0 Å². The van der Waals surface area contributed by atoms with Gasteiger partial charge in [-0.15, -0.1) is 5.10 Å². The molecule has 1 fully saturated rings. The fourth-order valence-corrected chi connectivity index (χ4v) is 2.73. The summed E-state index contributed by atoms with van der Waals surface area (Å²) in [5.74, 6) is 0.331. The molecule has 1 N–H and O–H groups in total. The van der Waals surface area contributed by atoms with Gasteiger partial charge in [-0.05, 0) is 75.4 Å². The minimum absolute atomic E-state index is 0.331. The minimum Gasteiger partial charge on any atom is -0.477 e. The summed E-state index contributed by atoms with van der Waals surface area (Å²) in [5.41, 5.74) is -0.457. The summed E-state index contributed by atoms with van der Waals surface area (Å²) >= 11 is 0. The van der Waals surface area contributed by atoms with E-state index in [9.17, 15) is 4.79 Å². The van der Waals surface area contributed by atoms with Gasteiger partial charge >= 0.3 is 13.2 Å². The zero-order valence-corrected chi connectivity index (χ0v) is 18.6. The lowest BCUT2D eigenvalue weighted by Crippen LogP contribution is -2.41. The van der Waals surface area contributed by atoms with E-state index in [1.807, 2.05) is 55.5 Å². The van der Waals surface area contributed by atoms with Crippen LogP contribution in [0.4, 0.5) is 4.79 Å². The molecule has 0 aromatic carbocycles. The van der Waals surface area contributed by atoms with Crippen molar-refractivity contribution in [3.8, 4) is 5.88 Å². The molecule has 0 atom stereocenters. The Morgan fingerprint density at radius 2 is 1.79 bits per heavy atom. The van der Waals surface area contributed by atoms with E-state index in [4.69, 9.17) is 18.8 Å². The monoisotopic (exact) mass is 395 g/mol. The third-order valence-electron chi connectivity index (χ3n) is 4.99. The maximum Gasteiger partial charge on any atom is 0.502 e. The first-order valence-electron chi connectivity index (χ1n) is 9.75. The van der Waals surface area contributed by atoms with Crippen LogP contribution in [0.3, 0.4) is 0 Å². The molecular weight excluding hydrogens is 361 g/mol. The second-order valence-corrected chi connectivity index (χ2v) is 9.09. The molecule has 1 aliphatic heterocycles. The molecular formula is C19H34BN3O5. The van der Waals surface area contributed by atoms with Gasteiger partial charge in [-0.25, -0.2) is 4.79 Å². The summed E-state index contributed by atoms with van der Waals surface area (Å²) in [6, 6.07) is 0. The largest absolute Gasteiger partial charge is 0.502 e. The highest BCUT2D eigenvalue weighted by atomic mass is 16.7. The molecule has 0 saturated carbocycles. The number of hydrogen-bond donors (Lipinski definition) is 1. The molecule has 0 radical (unpaired) electrons. The molecule has 2 heterocycles. The predicted octanol–water partition coefficient (Wildman–Crippen LogP) is 2.26. The lowest BCUT2D eigenvalue weighted by atomic mass is 9.79. The van der Waals surface area contributed by atoms with Crippen molar-refractivity contribution in [2.75, 3.05) is 20.2 Å². The van der Waals surface area contributed by atoms with Gasteiger partial charge in [-0.3, -0.25) is 0 Å². The zero-order chi connectivity index (χ0) is 21.3. The molecule has 0 unspecified atom stereocenters. The van der Waals surface area contributed by atoms with Gasteiger partial charge in [0.05, 0.1) is 29.0 Å². The number of rotatable bonds is 6. The van der Waals surface area contributed by atoms with E-state index in [0.717, 1.165) is 13.0 Å². The predicted molar refractivity (Wildman–Crippen MR) is 108 cm³/mol. The number of carbonyl (C=O) groups excluding carboxylic acids is 1. The molecule has 1 aliphatic rings. The minimum atomic E-state index is -0.680. The lowest BCUT2D eigenvalue weighted by molar-refractivity contribution is 0.00578. The van der Waals surface area contributed by atoms with Crippen LogP contribution in [0, 0.1) is 6.92 Å². The standard InChI is InChI=1S/C19H34BN3O5/c1-13-14(20-27-18(5,6)19(7,8)28-20)15(25-12-10-11-21-9)22-23(13)16(24)26-17(2,3)4/h21H,10-12H2,1-9H3. The molecule has 1 saturated heterocycles. The van der Waals surface area contributed by atoms with Crippen molar-refractivity contribution >= 4 is 18.7 Å². The molecule has 0 amide bonds. The van der Waals surface area contributed by atoms with Gasteiger partial charge in [0.25, 0.3) is 0 Å². The highest BCUT2D eigenvalue weighted by Gasteiger charge is 2.54. The molecule has 0 spiro atoms. The van der Waals surface area contributed by atoms with Crippen LogP contribution in [0.5, 0.6) is 5.88 Å². The Balaban J connectivity index is 2.37. The van der Waals surface area contributed by atoms with Crippen molar-refractivity contribution in [2.45, 2.75) is 78.6 Å². The second kappa shape index (κ2) is 8.04. The topological polar surface area (TPSA) is 83.8 Å². The van der Waals surface area contributed by atoms with Gasteiger partial charge in [0.2, 0.25) is 5.88 Å². The van der Waals surface area contributed by atoms with E-state index in [1.54, 1.807) is 6.92 Å². The molecule has 0 bridgehead atoms. The maximum absolute atomic E-state index is 12.6. The molecule has 0 aliphatic carbocycles. The first kappa shape index (κ1) is 22.7. The van der Waals surface area contributed by atoms with Crippen molar-refractivity contribution in [3.05, 3.63) is 5.69 Å². The van der Waals surface area contributed by atoms with Crippen molar-refractivity contribution in [3.63, 3.8) is 0 Å². The zero-order valence-electron chi connectivity index (χ0n) is 18.6. The van der Waals surface area contributed by atoms with Gasteiger partial charge in [0.1, 0.15) is 5.60 Å². The van der Waals surface area contributed by atoms with Gasteiger partial charge < -0.3 is 24.1 Å². The first-order valence-corrected chi connectivity index (χ1v) is 9.75. The molecule has 2 rings (SSSR count). The number of hydrogen-bond acceptors (Lipinski definition) is 7. The van der Waals surface area contributed by atoms with Crippen LogP contribution in [0.25, 0.3) is 0 Å². The van der Waals surface area contributed by atoms with Crippen LogP contribution in [0.15, 0.2) is 0 Å². The third kappa shape index (κ3) is 4.88. The molecule has 158 valence electrons. The van der Waals surface area contributed by atoms with Crippen molar-refractivity contribution in [1.82, 2.24) is 15.1 Å². The van der Waals surface area contributed by atoms with E-state index < -0.39 is 30.0 Å². The second-order valence-electron chi connectivity index (χ2n) is 9.09. The van der Waals surface area contributed by atoms with Crippen molar-refractivity contribution in [1.29, 1.82) is 0 Å². The maximum atomic E-state index is 12.6. The number of nitrogens with zero attached hydrogens (tertiary/aromatic N) is 2. The number of ether oxygens (including phenoxy) is 2. The molecule has 9 heteroatoms. The quantitative estimate of drug-likeness (QED) is 0.584. The van der Waals surface area contributed by atoms with E-state index in [0.29, 0.717) is 23.6 Å². The van der Waals surface area contributed by atoms with E-state index in [1.165, 1.54) is 4.68 Å². The van der Waals surface area contributed by atoms with Crippen molar-refractivity contribution < 1.29 is 23.6 Å². The highest BCUT2D eigenvalue weighted by Crippen LogP contribution is 2.37. The smallest absolute Gasteiger partial charge is 0.477 e. The summed E-state index contributed by atoms with van der Waals surface area (Å²) in [6.45, 7) is 16.4. The normalized spacial score (nSPS) is 18.4. The Morgan fingerprint density at radius 3 is 2.29 bits per heavy atom. The molecule has 1 aromatic heterocycles. The van der Waals surface area contributed by atoms with Crippen LogP contribution in [0.1, 0.15) is 60.6 Å². The Bertz CT molecular complexity index is 693. The fourth-order valence-electron chi connectivity index (χ4n) is 2.73. The van der Waals surface area contributed by atoms with Crippen molar-refractivity contribution in [2.24, 2.45) is 0 Å². The Kier molecular flexibility index (Phi) is 6.52. The summed E-state index contributed by atoms with van der Waals surface area (Å²) in [6.07, 6.45) is 0.241. The van der Waals surface area contributed by atoms with E-state index >= 15 is 0 Å². The fraction of sp³-hybridized carbons (Fsp3) is 0.789. The average Bonchev–Trinajstić information content (AvgIpc) is 2.95. The Morgan fingerprint density at radius 1 is 1.21 bits per heavy atom. The molecule has 8 nitrogen and oxygen atoms in total. The average molecular weight is 395 g/mol. The summed E-state index contributed by atoms with van der Waals surface area (Å²) < 4.78 is 24.9. The van der Waals surface area contributed by atoms with Crippen LogP contribution < -0.4 is 15.5 Å². The third-order valence-corrected chi connectivity index (χ3v) is 4.99. The summed E-state index contributed by atoms with van der Waals surface area (Å²) in [5, 5.41) is 7.45. The lowest BCUT2D eigenvalue weighted by Gasteiger charge is -2.32. The van der Waals surface area contributed by atoms with E-state index in [2.05, 4.69) is 10.4 Å². The van der Waals surface area contributed by atoms with Crippen LogP contribution in [-0.4, -0.2) is 60.0 Å². The van der Waals surface area contributed by atoms with E-state index in [-0.39, 0.29) is 0 Å². The Hall–Kier alpha value is -1.58. The van der Waals surface area contributed by atoms with Crippen LogP contribution >= 0.6 is 0 Å². The number of carbonyl (C=O) groups is 1. The van der Waals surface area contributed by atoms with Gasteiger partial charge in [0.15, 0.2) is 0 Å². The first-order chi connectivity index (χ1) is 12.8. The van der Waals surface area contributed by atoms with Gasteiger partial charge in [-0.1, -0.05) is 0 Å². The van der Waals surface area contributed by atoms with Crippen LogP contribution in [-0.2, 0) is 14.0 Å². The summed E-state index contributed by atoms with van der Waals surface area (Å²) in [7, 11) is 1.21. The molecule has 28 heavy (non-hydrogen) atoms. The number of nitrogens with one attached hydrogen (secondary N) is 1. The van der Waals surface area contributed by atoms with Crippen LogP contribution in [0.2, 0.25) is 0 Å². The van der Waals surface area contributed by atoms with Gasteiger partial charge in [-0.2, -0.15) is 4.68 Å². The summed E-state index contributed by atoms with van der Waals surface area (Å²) in [4.78, 5) is 12.6. The molecule has 1 aromatic rings. The Labute approximate surface area is 168 Å².